The molecule has 0 fully saturated rings. The average molecular weight is 744 g/mol. The number of nitrogens with zero attached hydrogens (tertiary/aromatic N) is 6. The molecule has 0 atom stereocenters. The van der Waals surface area contributed by atoms with Gasteiger partial charge in [0.25, 0.3) is 5.91 Å². The van der Waals surface area contributed by atoms with E-state index < -0.39 is 5.97 Å². The number of rotatable bonds is 16. The molecule has 1 amide bonds. The van der Waals surface area contributed by atoms with E-state index in [1.54, 1.807) is 12.1 Å². The number of benzene rings is 1. The summed E-state index contributed by atoms with van der Waals surface area (Å²) in [5.74, 6) is -1.26. The van der Waals surface area contributed by atoms with Crippen LogP contribution in [0.25, 0.3) is 33.6 Å². The maximum atomic E-state index is 12.8. The monoisotopic (exact) mass is 743 g/mol. The third kappa shape index (κ3) is 10.2. The summed E-state index contributed by atoms with van der Waals surface area (Å²) in [4.78, 5) is 32.6. The second kappa shape index (κ2) is 18.4. The van der Waals surface area contributed by atoms with Crippen molar-refractivity contribution in [1.29, 1.82) is 0 Å². The second-order valence-electron chi connectivity index (χ2n) is 13.7. The molecule has 0 aliphatic heterocycles. The summed E-state index contributed by atoms with van der Waals surface area (Å²) >= 11 is 0. The predicted octanol–water partition coefficient (Wildman–Crippen LogP) is 5.67. The lowest BCUT2D eigenvalue weighted by molar-refractivity contribution is -0.708. The summed E-state index contributed by atoms with van der Waals surface area (Å²) in [5, 5.41) is 12.2. The highest BCUT2D eigenvalue weighted by Crippen LogP contribution is 2.18. The lowest BCUT2D eigenvalue weighted by Crippen LogP contribution is -2.35. The highest BCUT2D eigenvalue weighted by molar-refractivity contribution is 5.95. The Morgan fingerprint density at radius 2 is 0.946 bits per heavy atom. The van der Waals surface area contributed by atoms with Gasteiger partial charge in [-0.15, -0.1) is 0 Å². The molecule has 6 heterocycles. The van der Waals surface area contributed by atoms with Crippen LogP contribution in [0, 0.1) is 0 Å². The molecule has 0 spiro atoms. The first kappa shape index (κ1) is 37.4. The SMILES string of the molecule is O=C(O)c1ccnc(-c2cc(C(=O)NCCC[n+]3ccc(-c4cc[n+](CCCC[n+]5ccc(-c6cc[n+](Cc7ccccc7)cc6)cc5)cc4)cc3)ccn2)c1. The fourth-order valence-electron chi connectivity index (χ4n) is 6.52. The Bertz CT molecular complexity index is 2370. The van der Waals surface area contributed by atoms with Gasteiger partial charge in [-0.1, -0.05) is 30.3 Å². The van der Waals surface area contributed by atoms with Crippen molar-refractivity contribution in [2.75, 3.05) is 6.54 Å². The number of aromatic carboxylic acids is 1. The van der Waals surface area contributed by atoms with Crippen LogP contribution >= 0.6 is 0 Å². The number of unbranched alkanes of at least 4 members (excludes halogenated alkanes) is 1. The van der Waals surface area contributed by atoms with Gasteiger partial charge in [0, 0.05) is 97.9 Å². The normalized spacial score (nSPS) is 10.9. The largest absolute Gasteiger partial charge is 0.478 e. The number of carbonyl (C=O) groups is 2. The van der Waals surface area contributed by atoms with Gasteiger partial charge >= 0.3 is 5.97 Å². The molecule has 10 nitrogen and oxygen atoms in total. The Morgan fingerprint density at radius 1 is 0.518 bits per heavy atom. The summed E-state index contributed by atoms with van der Waals surface area (Å²) in [5.41, 5.74) is 7.45. The van der Waals surface area contributed by atoms with Gasteiger partial charge in [0.2, 0.25) is 0 Å². The van der Waals surface area contributed by atoms with Crippen molar-refractivity contribution in [3.8, 4) is 33.6 Å². The lowest BCUT2D eigenvalue weighted by atomic mass is 10.1. The first-order chi connectivity index (χ1) is 27.5. The molecule has 278 valence electrons. The van der Waals surface area contributed by atoms with Crippen LogP contribution in [0.3, 0.4) is 0 Å². The minimum absolute atomic E-state index is 0.112. The molecule has 1 aromatic carbocycles. The van der Waals surface area contributed by atoms with Crippen LogP contribution in [0.4, 0.5) is 0 Å². The lowest BCUT2D eigenvalue weighted by Gasteiger charge is -2.06. The van der Waals surface area contributed by atoms with Crippen molar-refractivity contribution in [2.45, 2.75) is 45.4 Å². The van der Waals surface area contributed by atoms with Gasteiger partial charge in [0.05, 0.1) is 17.0 Å². The zero-order valence-corrected chi connectivity index (χ0v) is 31.2. The number of pyridine rings is 6. The van der Waals surface area contributed by atoms with E-state index in [0.29, 0.717) is 23.5 Å². The number of carboxylic acid groups (broad SMARTS) is 1. The number of hydrogen-bond donors (Lipinski definition) is 2. The molecule has 0 saturated heterocycles. The summed E-state index contributed by atoms with van der Waals surface area (Å²) in [7, 11) is 0. The van der Waals surface area contributed by atoms with E-state index in [9.17, 15) is 14.7 Å². The highest BCUT2D eigenvalue weighted by atomic mass is 16.4. The van der Waals surface area contributed by atoms with E-state index in [1.165, 1.54) is 46.8 Å². The third-order valence-corrected chi connectivity index (χ3v) is 9.69. The van der Waals surface area contributed by atoms with Gasteiger partial charge in [-0.05, 0) is 46.5 Å². The van der Waals surface area contributed by atoms with E-state index in [-0.39, 0.29) is 11.5 Å². The molecule has 6 aromatic heterocycles. The standard InChI is InChI=1S/C46H43N7O3/c54-45(41-9-20-47-43(33-41)44-34-42(46(55)56)10-21-48-44)49-19-6-24-52-29-15-38(16-30-52)37-11-25-50(26-12-37)22-4-5-23-51-27-13-39(14-28-51)40-17-31-53(32-18-40)35-36-7-2-1-3-8-36/h1-3,7-18,20-21,25-34H,4-6,19,22-24,35H2/q+2/p+2. The van der Waals surface area contributed by atoms with Crippen molar-refractivity contribution in [1.82, 2.24) is 15.3 Å². The quantitative estimate of drug-likeness (QED) is 0.0980. The maximum Gasteiger partial charge on any atom is 0.335 e. The molecule has 0 saturated carbocycles. The Morgan fingerprint density at radius 3 is 1.43 bits per heavy atom. The van der Waals surface area contributed by atoms with Crippen LogP contribution in [0.5, 0.6) is 0 Å². The Hall–Kier alpha value is -6.94. The Kier molecular flexibility index (Phi) is 12.3. The zero-order chi connectivity index (χ0) is 38.5. The number of amides is 1. The number of carbonyl (C=O) groups excluding carboxylic acids is 1. The second-order valence-corrected chi connectivity index (χ2v) is 13.7. The minimum Gasteiger partial charge on any atom is -0.478 e. The predicted molar refractivity (Wildman–Crippen MR) is 211 cm³/mol. The fourth-order valence-corrected chi connectivity index (χ4v) is 6.52. The fraction of sp³-hybridized carbons (Fsp3) is 0.174. The van der Waals surface area contributed by atoms with Crippen molar-refractivity contribution >= 4 is 11.9 Å². The van der Waals surface area contributed by atoms with Gasteiger partial charge < -0.3 is 10.4 Å². The zero-order valence-electron chi connectivity index (χ0n) is 31.2. The van der Waals surface area contributed by atoms with Crippen LogP contribution < -0.4 is 23.6 Å². The molecular weight excluding hydrogens is 699 g/mol. The van der Waals surface area contributed by atoms with Gasteiger partial charge in [-0.25, -0.2) is 23.1 Å². The van der Waals surface area contributed by atoms with Gasteiger partial charge in [-0.2, -0.15) is 0 Å². The van der Waals surface area contributed by atoms with Crippen LogP contribution in [-0.4, -0.2) is 33.5 Å². The maximum absolute atomic E-state index is 12.8. The molecular formula is C46H45N7O3+4. The highest BCUT2D eigenvalue weighted by Gasteiger charge is 2.13. The molecule has 7 rings (SSSR count). The molecule has 0 radical (unpaired) electrons. The van der Waals surface area contributed by atoms with Gasteiger partial charge in [-0.3, -0.25) is 14.8 Å². The van der Waals surface area contributed by atoms with Crippen LogP contribution in [0.1, 0.15) is 45.5 Å². The van der Waals surface area contributed by atoms with Crippen LogP contribution in [0.15, 0.2) is 165 Å². The van der Waals surface area contributed by atoms with E-state index in [4.69, 9.17) is 0 Å². The Balaban J connectivity index is 0.808. The van der Waals surface area contributed by atoms with E-state index >= 15 is 0 Å². The van der Waals surface area contributed by atoms with Crippen LogP contribution in [0.2, 0.25) is 0 Å². The van der Waals surface area contributed by atoms with Gasteiger partial charge in [0.1, 0.15) is 19.6 Å². The first-order valence-corrected chi connectivity index (χ1v) is 18.9. The number of nitrogens with one attached hydrogen (secondary N) is 1. The molecule has 0 aliphatic carbocycles. The van der Waals surface area contributed by atoms with Gasteiger partial charge in [0.15, 0.2) is 56.1 Å². The molecule has 10 heteroatoms. The first-order valence-electron chi connectivity index (χ1n) is 18.9. The topological polar surface area (TPSA) is 108 Å². The number of aromatic nitrogens is 6. The number of hydrogen-bond acceptors (Lipinski definition) is 4. The van der Waals surface area contributed by atoms with E-state index in [1.807, 2.05) is 6.07 Å². The third-order valence-electron chi connectivity index (χ3n) is 9.69. The molecule has 0 aliphatic rings. The van der Waals surface area contributed by atoms with E-state index in [2.05, 4.69) is 156 Å². The Labute approximate surface area is 326 Å². The van der Waals surface area contributed by atoms with Crippen molar-refractivity contribution in [3.05, 3.63) is 182 Å². The minimum atomic E-state index is -1.05. The van der Waals surface area contributed by atoms with E-state index in [0.717, 1.165) is 51.0 Å². The molecule has 2 N–H and O–H groups in total. The number of carboxylic acids is 1. The smallest absolute Gasteiger partial charge is 0.335 e. The summed E-state index contributed by atoms with van der Waals surface area (Å²) in [6.45, 7) is 4.09. The average Bonchev–Trinajstić information content (AvgIpc) is 3.25. The molecule has 7 aromatic rings. The van der Waals surface area contributed by atoms with Crippen molar-refractivity contribution in [2.24, 2.45) is 0 Å². The summed E-state index contributed by atoms with van der Waals surface area (Å²) in [6, 6.07) is 34.0. The van der Waals surface area contributed by atoms with Crippen molar-refractivity contribution in [3.63, 3.8) is 0 Å². The molecule has 0 bridgehead atoms. The number of aryl methyl sites for hydroxylation is 3. The summed E-state index contributed by atoms with van der Waals surface area (Å²) < 4.78 is 8.82. The summed E-state index contributed by atoms with van der Waals surface area (Å²) in [6.07, 6.45) is 23.0. The molecule has 0 unspecified atom stereocenters. The van der Waals surface area contributed by atoms with Crippen molar-refractivity contribution < 1.29 is 33.0 Å². The van der Waals surface area contributed by atoms with Crippen LogP contribution in [-0.2, 0) is 26.2 Å². The molecule has 56 heavy (non-hydrogen) atoms.